The number of piperazine rings is 1. The Bertz CT molecular complexity index is 672. The third-order valence-corrected chi connectivity index (χ3v) is 5.98. The van der Waals surface area contributed by atoms with E-state index < -0.39 is 14.9 Å². The van der Waals surface area contributed by atoms with Crippen molar-refractivity contribution in [2.45, 2.75) is 31.7 Å². The SMILES string of the molecule is Cc1cc([N+](=O)[O-])cc(S(=O)(=O)N2CCNC[C@@H]2C)c1C. The normalized spacial score (nSPS) is 20.4. The van der Waals surface area contributed by atoms with E-state index in [4.69, 9.17) is 0 Å². The zero-order chi connectivity index (χ0) is 15.8. The van der Waals surface area contributed by atoms with Crippen LogP contribution in [0.15, 0.2) is 17.0 Å². The van der Waals surface area contributed by atoms with Crippen LogP contribution < -0.4 is 5.32 Å². The minimum atomic E-state index is -3.73. The fourth-order valence-electron chi connectivity index (χ4n) is 2.49. The van der Waals surface area contributed by atoms with Gasteiger partial charge in [-0.1, -0.05) is 0 Å². The molecule has 116 valence electrons. The van der Waals surface area contributed by atoms with Crippen molar-refractivity contribution in [1.82, 2.24) is 9.62 Å². The maximum Gasteiger partial charge on any atom is 0.271 e. The summed E-state index contributed by atoms with van der Waals surface area (Å²) in [6.07, 6.45) is 0. The Labute approximate surface area is 124 Å². The molecule has 0 aromatic heterocycles. The number of nitrogens with one attached hydrogen (secondary N) is 1. The third kappa shape index (κ3) is 2.92. The highest BCUT2D eigenvalue weighted by atomic mass is 32.2. The number of non-ortho nitro benzene ring substituents is 1. The highest BCUT2D eigenvalue weighted by Crippen LogP contribution is 2.28. The third-order valence-electron chi connectivity index (χ3n) is 3.84. The molecule has 0 amide bonds. The number of sulfonamides is 1. The maximum atomic E-state index is 12.8. The van der Waals surface area contributed by atoms with Crippen molar-refractivity contribution < 1.29 is 13.3 Å². The van der Waals surface area contributed by atoms with Gasteiger partial charge < -0.3 is 5.32 Å². The van der Waals surface area contributed by atoms with Gasteiger partial charge in [0.05, 0.1) is 9.82 Å². The summed E-state index contributed by atoms with van der Waals surface area (Å²) in [5.74, 6) is 0. The van der Waals surface area contributed by atoms with Gasteiger partial charge in [-0.05, 0) is 31.9 Å². The number of benzene rings is 1. The van der Waals surface area contributed by atoms with Crippen molar-refractivity contribution in [3.05, 3.63) is 33.4 Å². The molecule has 8 heteroatoms. The van der Waals surface area contributed by atoms with Crippen LogP contribution in [-0.4, -0.2) is 43.3 Å². The molecule has 21 heavy (non-hydrogen) atoms. The van der Waals surface area contributed by atoms with Crippen molar-refractivity contribution in [2.24, 2.45) is 0 Å². The van der Waals surface area contributed by atoms with E-state index in [2.05, 4.69) is 5.32 Å². The summed E-state index contributed by atoms with van der Waals surface area (Å²) in [6.45, 7) is 6.71. The zero-order valence-electron chi connectivity index (χ0n) is 12.3. The summed E-state index contributed by atoms with van der Waals surface area (Å²) in [6, 6.07) is 2.38. The fraction of sp³-hybridized carbons (Fsp3) is 0.538. The van der Waals surface area contributed by atoms with Crippen LogP contribution in [0.3, 0.4) is 0 Å². The first-order valence-corrected chi connectivity index (χ1v) is 8.17. The molecule has 1 saturated heterocycles. The monoisotopic (exact) mass is 313 g/mol. The van der Waals surface area contributed by atoms with Gasteiger partial charge in [0.25, 0.3) is 5.69 Å². The average molecular weight is 313 g/mol. The number of aryl methyl sites for hydroxylation is 1. The topological polar surface area (TPSA) is 92.5 Å². The maximum absolute atomic E-state index is 12.8. The second kappa shape index (κ2) is 5.70. The molecule has 1 aromatic carbocycles. The van der Waals surface area contributed by atoms with Crippen molar-refractivity contribution in [3.8, 4) is 0 Å². The van der Waals surface area contributed by atoms with E-state index in [1.165, 1.54) is 10.4 Å². The second-order valence-corrected chi connectivity index (χ2v) is 7.17. The predicted molar refractivity (Wildman–Crippen MR) is 78.8 cm³/mol. The minimum Gasteiger partial charge on any atom is -0.314 e. The second-order valence-electron chi connectivity index (χ2n) is 5.31. The van der Waals surface area contributed by atoms with Crippen molar-refractivity contribution in [3.63, 3.8) is 0 Å². The highest BCUT2D eigenvalue weighted by molar-refractivity contribution is 7.89. The molecule has 1 aromatic rings. The van der Waals surface area contributed by atoms with Gasteiger partial charge in [0.1, 0.15) is 0 Å². The molecule has 7 nitrogen and oxygen atoms in total. The van der Waals surface area contributed by atoms with Gasteiger partial charge in [0.15, 0.2) is 0 Å². The van der Waals surface area contributed by atoms with Crippen LogP contribution >= 0.6 is 0 Å². The van der Waals surface area contributed by atoms with E-state index in [0.717, 1.165) is 6.07 Å². The summed E-state index contributed by atoms with van der Waals surface area (Å²) in [7, 11) is -3.73. The van der Waals surface area contributed by atoms with E-state index in [-0.39, 0.29) is 16.6 Å². The molecule has 2 rings (SSSR count). The van der Waals surface area contributed by atoms with Crippen LogP contribution in [0.25, 0.3) is 0 Å². The standard InChI is InChI=1S/C13H19N3O4S/c1-9-6-12(16(17)18)7-13(11(9)3)21(19,20)15-5-4-14-8-10(15)2/h6-7,10,14H,4-5,8H2,1-3H3/t10-/m0/s1. The minimum absolute atomic E-state index is 0.0305. The Morgan fingerprint density at radius 2 is 2.05 bits per heavy atom. The van der Waals surface area contributed by atoms with Crippen LogP contribution in [0.1, 0.15) is 18.1 Å². The predicted octanol–water partition coefficient (Wildman–Crippen LogP) is 1.19. The summed E-state index contributed by atoms with van der Waals surface area (Å²) in [5, 5.41) is 14.1. The Morgan fingerprint density at radius 3 is 2.62 bits per heavy atom. The summed E-state index contributed by atoms with van der Waals surface area (Å²) < 4.78 is 27.1. The van der Waals surface area contributed by atoms with Crippen molar-refractivity contribution >= 4 is 15.7 Å². The molecule has 0 radical (unpaired) electrons. The number of nitrogens with zero attached hydrogens (tertiary/aromatic N) is 2. The largest absolute Gasteiger partial charge is 0.314 e. The highest BCUT2D eigenvalue weighted by Gasteiger charge is 2.33. The summed E-state index contributed by atoms with van der Waals surface area (Å²) >= 11 is 0. The molecular weight excluding hydrogens is 294 g/mol. The van der Waals surface area contributed by atoms with Gasteiger partial charge in [-0.2, -0.15) is 4.31 Å². The lowest BCUT2D eigenvalue weighted by Crippen LogP contribution is -2.52. The molecule has 1 aliphatic rings. The molecule has 0 bridgehead atoms. The molecule has 0 spiro atoms. The van der Waals surface area contributed by atoms with Crippen molar-refractivity contribution in [2.75, 3.05) is 19.6 Å². The number of nitro benzene ring substituents is 1. The van der Waals surface area contributed by atoms with Gasteiger partial charge in [0.2, 0.25) is 10.0 Å². The van der Waals surface area contributed by atoms with Crippen molar-refractivity contribution in [1.29, 1.82) is 0 Å². The molecule has 1 aliphatic heterocycles. The molecule has 0 unspecified atom stereocenters. The Hall–Kier alpha value is -1.51. The van der Waals surface area contributed by atoms with Crippen LogP contribution in [-0.2, 0) is 10.0 Å². The summed E-state index contributed by atoms with van der Waals surface area (Å²) in [4.78, 5) is 10.4. The first kappa shape index (κ1) is 15.9. The molecule has 0 aliphatic carbocycles. The quantitative estimate of drug-likeness (QED) is 0.668. The molecular formula is C13H19N3O4S. The van der Waals surface area contributed by atoms with E-state index >= 15 is 0 Å². The van der Waals surface area contributed by atoms with E-state index in [1.54, 1.807) is 13.8 Å². The zero-order valence-corrected chi connectivity index (χ0v) is 13.1. The van der Waals surface area contributed by atoms with Gasteiger partial charge >= 0.3 is 0 Å². The lowest BCUT2D eigenvalue weighted by atomic mass is 10.1. The lowest BCUT2D eigenvalue weighted by molar-refractivity contribution is -0.385. The number of hydrogen-bond acceptors (Lipinski definition) is 5. The lowest BCUT2D eigenvalue weighted by Gasteiger charge is -2.33. The van der Waals surface area contributed by atoms with Gasteiger partial charge in [-0.3, -0.25) is 10.1 Å². The Morgan fingerprint density at radius 1 is 1.38 bits per heavy atom. The Balaban J connectivity index is 2.56. The molecule has 0 saturated carbocycles. The van der Waals surface area contributed by atoms with E-state index in [0.29, 0.717) is 30.8 Å². The number of rotatable bonds is 3. The van der Waals surface area contributed by atoms with Gasteiger partial charge in [-0.25, -0.2) is 8.42 Å². The smallest absolute Gasteiger partial charge is 0.271 e. The van der Waals surface area contributed by atoms with E-state index in [1.807, 2.05) is 6.92 Å². The molecule has 1 N–H and O–H groups in total. The molecule has 1 fully saturated rings. The Kier molecular flexibility index (Phi) is 4.31. The molecule has 1 heterocycles. The molecule has 1 atom stereocenters. The van der Waals surface area contributed by atoms with Gasteiger partial charge in [0, 0.05) is 37.8 Å². The van der Waals surface area contributed by atoms with Crippen LogP contribution in [0.2, 0.25) is 0 Å². The number of hydrogen-bond donors (Lipinski definition) is 1. The fourth-order valence-corrected chi connectivity index (χ4v) is 4.44. The van der Waals surface area contributed by atoms with Gasteiger partial charge in [-0.15, -0.1) is 0 Å². The average Bonchev–Trinajstić information content (AvgIpc) is 2.41. The van der Waals surface area contributed by atoms with E-state index in [9.17, 15) is 18.5 Å². The van der Waals surface area contributed by atoms with Crippen LogP contribution in [0.4, 0.5) is 5.69 Å². The summed E-state index contributed by atoms with van der Waals surface area (Å²) in [5.41, 5.74) is 0.969. The first-order valence-electron chi connectivity index (χ1n) is 6.73. The van der Waals surface area contributed by atoms with Crippen LogP contribution in [0.5, 0.6) is 0 Å². The first-order chi connectivity index (χ1) is 9.75. The number of nitro groups is 1. The van der Waals surface area contributed by atoms with Crippen LogP contribution in [0, 0.1) is 24.0 Å².